The molecule has 19 heavy (non-hydrogen) atoms. The van der Waals surface area contributed by atoms with E-state index in [9.17, 15) is 9.18 Å². The molecule has 0 spiro atoms. The van der Waals surface area contributed by atoms with Crippen molar-refractivity contribution in [2.45, 2.75) is 12.8 Å². The van der Waals surface area contributed by atoms with Gasteiger partial charge < -0.3 is 5.32 Å². The molecule has 4 heteroatoms. The van der Waals surface area contributed by atoms with Gasteiger partial charge in [0.1, 0.15) is 5.82 Å². The molecule has 0 bridgehead atoms. The van der Waals surface area contributed by atoms with Crippen molar-refractivity contribution >= 4 is 23.2 Å². The highest BCUT2D eigenvalue weighted by molar-refractivity contribution is 6.17. The average molecular weight is 278 g/mol. The van der Waals surface area contributed by atoms with Crippen LogP contribution >= 0.6 is 11.6 Å². The van der Waals surface area contributed by atoms with E-state index in [0.29, 0.717) is 11.6 Å². The van der Waals surface area contributed by atoms with Crippen LogP contribution in [-0.2, 0) is 5.88 Å². The minimum absolute atomic E-state index is 0.0343. The normalized spacial score (nSPS) is 10.3. The minimum Gasteiger partial charge on any atom is -0.322 e. The van der Waals surface area contributed by atoms with E-state index < -0.39 is 11.7 Å². The van der Waals surface area contributed by atoms with Crippen molar-refractivity contribution in [1.82, 2.24) is 0 Å². The van der Waals surface area contributed by atoms with Crippen LogP contribution < -0.4 is 5.32 Å². The van der Waals surface area contributed by atoms with Crippen LogP contribution in [0.3, 0.4) is 0 Å². The highest BCUT2D eigenvalue weighted by Gasteiger charge is 2.11. The molecule has 0 fully saturated rings. The molecule has 1 N–H and O–H groups in total. The molecule has 0 aliphatic carbocycles. The Kier molecular flexibility index (Phi) is 4.17. The van der Waals surface area contributed by atoms with Crippen LogP contribution in [0.5, 0.6) is 0 Å². The molecule has 2 rings (SSSR count). The summed E-state index contributed by atoms with van der Waals surface area (Å²) >= 11 is 5.68. The number of alkyl halides is 1. The molecule has 0 radical (unpaired) electrons. The Labute approximate surface area is 116 Å². The highest BCUT2D eigenvalue weighted by atomic mass is 35.5. The molecule has 1 amide bonds. The van der Waals surface area contributed by atoms with Crippen molar-refractivity contribution in [2.24, 2.45) is 0 Å². The van der Waals surface area contributed by atoms with Gasteiger partial charge in [-0.3, -0.25) is 4.79 Å². The average Bonchev–Trinajstić information content (AvgIpc) is 2.39. The number of halogens is 2. The Morgan fingerprint density at radius 2 is 1.89 bits per heavy atom. The molecule has 0 saturated heterocycles. The smallest absolute Gasteiger partial charge is 0.258 e. The zero-order chi connectivity index (χ0) is 13.8. The van der Waals surface area contributed by atoms with Gasteiger partial charge in [0.05, 0.1) is 5.56 Å². The number of aryl methyl sites for hydroxylation is 1. The third-order valence-electron chi connectivity index (χ3n) is 2.74. The van der Waals surface area contributed by atoms with Gasteiger partial charge in [-0.2, -0.15) is 0 Å². The zero-order valence-corrected chi connectivity index (χ0v) is 11.2. The Bertz CT molecular complexity index is 596. The molecular formula is C15H13ClFNO. The summed E-state index contributed by atoms with van der Waals surface area (Å²) in [5, 5.41) is 2.65. The summed E-state index contributed by atoms with van der Waals surface area (Å²) in [5.41, 5.74) is 2.38. The largest absolute Gasteiger partial charge is 0.322 e. The van der Waals surface area contributed by atoms with Crippen LogP contribution in [0.25, 0.3) is 0 Å². The highest BCUT2D eigenvalue weighted by Crippen LogP contribution is 2.15. The first-order valence-corrected chi connectivity index (χ1v) is 6.36. The van der Waals surface area contributed by atoms with Gasteiger partial charge in [-0.05, 0) is 42.3 Å². The molecular weight excluding hydrogens is 265 g/mol. The van der Waals surface area contributed by atoms with E-state index in [0.717, 1.165) is 11.1 Å². The number of anilines is 1. The molecule has 2 aromatic carbocycles. The molecule has 0 heterocycles. The monoisotopic (exact) mass is 277 g/mol. The first-order chi connectivity index (χ1) is 9.10. The summed E-state index contributed by atoms with van der Waals surface area (Å²) in [4.78, 5) is 11.9. The predicted octanol–water partition coefficient (Wildman–Crippen LogP) is 4.13. The Balaban J connectivity index is 2.15. The maximum Gasteiger partial charge on any atom is 0.258 e. The summed E-state index contributed by atoms with van der Waals surface area (Å²) in [6, 6.07) is 11.6. The van der Waals surface area contributed by atoms with Crippen LogP contribution in [0, 0.1) is 12.7 Å². The third-order valence-corrected chi connectivity index (χ3v) is 3.04. The van der Waals surface area contributed by atoms with E-state index in [-0.39, 0.29) is 5.56 Å². The second kappa shape index (κ2) is 5.85. The van der Waals surface area contributed by atoms with Gasteiger partial charge in [0.25, 0.3) is 5.91 Å². The first kappa shape index (κ1) is 13.6. The van der Waals surface area contributed by atoms with Gasteiger partial charge in [0, 0.05) is 11.6 Å². The molecule has 0 aliphatic heterocycles. The van der Waals surface area contributed by atoms with Crippen LogP contribution in [0.4, 0.5) is 10.1 Å². The molecule has 0 aliphatic rings. The van der Waals surface area contributed by atoms with Gasteiger partial charge in [-0.1, -0.05) is 18.2 Å². The first-order valence-electron chi connectivity index (χ1n) is 5.82. The topological polar surface area (TPSA) is 29.1 Å². The van der Waals surface area contributed by atoms with E-state index in [2.05, 4.69) is 5.32 Å². The number of hydrogen-bond acceptors (Lipinski definition) is 1. The summed E-state index contributed by atoms with van der Waals surface area (Å²) in [7, 11) is 0. The van der Waals surface area contributed by atoms with Gasteiger partial charge in [0.15, 0.2) is 0 Å². The van der Waals surface area contributed by atoms with Crippen molar-refractivity contribution in [3.63, 3.8) is 0 Å². The Morgan fingerprint density at radius 3 is 2.47 bits per heavy atom. The number of rotatable bonds is 3. The van der Waals surface area contributed by atoms with Crippen molar-refractivity contribution in [2.75, 3.05) is 5.32 Å². The summed E-state index contributed by atoms with van der Waals surface area (Å²) in [5.74, 6) is -0.563. The number of carbonyl (C=O) groups excluding carboxylic acids is 1. The predicted molar refractivity (Wildman–Crippen MR) is 75.1 cm³/mol. The molecule has 2 nitrogen and oxygen atoms in total. The second-order valence-corrected chi connectivity index (χ2v) is 4.54. The second-order valence-electron chi connectivity index (χ2n) is 4.27. The number of amides is 1. The maximum atomic E-state index is 13.6. The van der Waals surface area contributed by atoms with Crippen LogP contribution in [0.1, 0.15) is 21.5 Å². The van der Waals surface area contributed by atoms with Crippen molar-refractivity contribution < 1.29 is 9.18 Å². The maximum absolute atomic E-state index is 13.6. The fraction of sp³-hybridized carbons (Fsp3) is 0.133. The van der Waals surface area contributed by atoms with E-state index >= 15 is 0 Å². The Hall–Kier alpha value is -1.87. The van der Waals surface area contributed by atoms with E-state index in [4.69, 9.17) is 11.6 Å². The lowest BCUT2D eigenvalue weighted by Gasteiger charge is -2.07. The number of carbonyl (C=O) groups is 1. The molecule has 98 valence electrons. The lowest BCUT2D eigenvalue weighted by molar-refractivity contribution is 0.102. The molecule has 0 unspecified atom stereocenters. The fourth-order valence-corrected chi connectivity index (χ4v) is 1.86. The summed E-state index contributed by atoms with van der Waals surface area (Å²) < 4.78 is 13.6. The summed E-state index contributed by atoms with van der Waals surface area (Å²) in [6.07, 6.45) is 0. The van der Waals surface area contributed by atoms with Crippen molar-refractivity contribution in [3.8, 4) is 0 Å². The van der Waals surface area contributed by atoms with Gasteiger partial charge in [-0.15, -0.1) is 11.6 Å². The van der Waals surface area contributed by atoms with Gasteiger partial charge >= 0.3 is 0 Å². The number of hydrogen-bond donors (Lipinski definition) is 1. The lowest BCUT2D eigenvalue weighted by atomic mass is 10.1. The Morgan fingerprint density at radius 1 is 1.21 bits per heavy atom. The quantitative estimate of drug-likeness (QED) is 0.840. The van der Waals surface area contributed by atoms with Crippen LogP contribution in [0.15, 0.2) is 42.5 Å². The van der Waals surface area contributed by atoms with E-state index in [1.54, 1.807) is 25.1 Å². The molecule has 0 saturated carbocycles. The molecule has 0 atom stereocenters. The number of benzene rings is 2. The van der Waals surface area contributed by atoms with Crippen LogP contribution in [-0.4, -0.2) is 5.91 Å². The minimum atomic E-state index is -0.519. The van der Waals surface area contributed by atoms with Crippen molar-refractivity contribution in [1.29, 1.82) is 0 Å². The van der Waals surface area contributed by atoms with E-state index in [1.165, 1.54) is 12.1 Å². The lowest BCUT2D eigenvalue weighted by Crippen LogP contribution is -2.13. The molecule has 0 aromatic heterocycles. The van der Waals surface area contributed by atoms with Gasteiger partial charge in [0.2, 0.25) is 0 Å². The van der Waals surface area contributed by atoms with Gasteiger partial charge in [-0.25, -0.2) is 4.39 Å². The summed E-state index contributed by atoms with van der Waals surface area (Å²) in [6.45, 7) is 1.77. The zero-order valence-electron chi connectivity index (χ0n) is 10.4. The van der Waals surface area contributed by atoms with Crippen LogP contribution in [0.2, 0.25) is 0 Å². The standard InChI is InChI=1S/C15H13ClFNO/c1-10-2-7-13(14(17)8-10)15(19)18-12-5-3-11(9-16)4-6-12/h2-8H,9H2,1H3,(H,18,19). The number of nitrogens with one attached hydrogen (secondary N) is 1. The van der Waals surface area contributed by atoms with E-state index in [1.807, 2.05) is 12.1 Å². The van der Waals surface area contributed by atoms with Crippen molar-refractivity contribution in [3.05, 3.63) is 65.0 Å². The molecule has 2 aromatic rings. The SMILES string of the molecule is Cc1ccc(C(=O)Nc2ccc(CCl)cc2)c(F)c1. The fourth-order valence-electron chi connectivity index (χ4n) is 1.68. The third kappa shape index (κ3) is 3.32.